The highest BCUT2D eigenvalue weighted by molar-refractivity contribution is 6.30. The van der Waals surface area contributed by atoms with Crippen molar-refractivity contribution in [3.05, 3.63) is 64.1 Å². The Morgan fingerprint density at radius 3 is 2.24 bits per heavy atom. The van der Waals surface area contributed by atoms with Crippen molar-refractivity contribution in [1.82, 2.24) is 4.57 Å². The first-order valence-electron chi connectivity index (χ1n) is 9.00. The van der Waals surface area contributed by atoms with Crippen LogP contribution < -0.4 is 0 Å². The van der Waals surface area contributed by atoms with Gasteiger partial charge < -0.3 is 10.2 Å². The third-order valence-electron chi connectivity index (χ3n) is 5.02. The molecule has 5 nitrogen and oxygen atoms in total. The van der Waals surface area contributed by atoms with Gasteiger partial charge in [-0.1, -0.05) is 32.4 Å². The SMILES string of the molecule is Cc1c(C(C(=O)O)C(C)(C)C)c2cc(O)c(F)cc2n1C(=O)c1ccc(Cl)cc1. The van der Waals surface area contributed by atoms with E-state index in [1.54, 1.807) is 52.0 Å². The maximum atomic E-state index is 14.2. The quantitative estimate of drug-likeness (QED) is 0.602. The maximum Gasteiger partial charge on any atom is 0.311 e. The second-order valence-corrected chi connectivity index (χ2v) is 8.54. The van der Waals surface area contributed by atoms with Crippen LogP contribution in [0.25, 0.3) is 10.9 Å². The van der Waals surface area contributed by atoms with Gasteiger partial charge in [0.15, 0.2) is 11.6 Å². The summed E-state index contributed by atoms with van der Waals surface area (Å²) in [5, 5.41) is 20.6. The number of benzene rings is 2. The van der Waals surface area contributed by atoms with Crippen molar-refractivity contribution in [2.75, 3.05) is 0 Å². The van der Waals surface area contributed by atoms with Crippen LogP contribution in [-0.4, -0.2) is 26.7 Å². The van der Waals surface area contributed by atoms with E-state index in [0.29, 0.717) is 27.2 Å². The third kappa shape index (κ3) is 3.60. The Labute approximate surface area is 172 Å². The number of phenols is 1. The Bertz CT molecular complexity index is 1130. The minimum Gasteiger partial charge on any atom is -0.505 e. The fraction of sp³-hybridized carbons (Fsp3) is 0.273. The predicted octanol–water partition coefficient (Wildman–Crippen LogP) is 5.35. The van der Waals surface area contributed by atoms with Crippen molar-refractivity contribution in [3.8, 4) is 5.75 Å². The molecule has 0 bridgehead atoms. The lowest BCUT2D eigenvalue weighted by atomic mass is 9.75. The zero-order valence-corrected chi connectivity index (χ0v) is 17.2. The molecule has 152 valence electrons. The summed E-state index contributed by atoms with van der Waals surface area (Å²) in [6.45, 7) is 6.95. The van der Waals surface area contributed by atoms with Gasteiger partial charge in [-0.2, -0.15) is 0 Å². The summed E-state index contributed by atoms with van der Waals surface area (Å²) >= 11 is 5.90. The van der Waals surface area contributed by atoms with Gasteiger partial charge in [-0.05, 0) is 48.2 Å². The molecule has 0 aliphatic rings. The zero-order valence-electron chi connectivity index (χ0n) is 16.5. The van der Waals surface area contributed by atoms with E-state index >= 15 is 0 Å². The number of carboxylic acid groups (broad SMARTS) is 1. The molecular formula is C22H21ClFNO4. The Morgan fingerprint density at radius 2 is 1.72 bits per heavy atom. The lowest BCUT2D eigenvalue weighted by Crippen LogP contribution is -2.27. The molecule has 3 rings (SSSR count). The van der Waals surface area contributed by atoms with Gasteiger partial charge in [0, 0.05) is 27.7 Å². The van der Waals surface area contributed by atoms with Crippen molar-refractivity contribution < 1.29 is 24.2 Å². The second kappa shape index (κ2) is 7.19. The molecule has 2 N–H and O–H groups in total. The fourth-order valence-electron chi connectivity index (χ4n) is 3.72. The second-order valence-electron chi connectivity index (χ2n) is 8.10. The fourth-order valence-corrected chi connectivity index (χ4v) is 3.85. The number of phenolic OH excluding ortho intramolecular Hbond substituents is 1. The largest absolute Gasteiger partial charge is 0.505 e. The lowest BCUT2D eigenvalue weighted by molar-refractivity contribution is -0.141. The molecule has 1 heterocycles. The number of hydrogen-bond donors (Lipinski definition) is 2. The normalized spacial score (nSPS) is 12.9. The topological polar surface area (TPSA) is 79.5 Å². The van der Waals surface area contributed by atoms with E-state index in [-0.39, 0.29) is 5.52 Å². The van der Waals surface area contributed by atoms with Gasteiger partial charge in [0.1, 0.15) is 0 Å². The number of carbonyl (C=O) groups is 2. The molecule has 1 atom stereocenters. The van der Waals surface area contributed by atoms with Crippen LogP contribution in [-0.2, 0) is 4.79 Å². The Morgan fingerprint density at radius 1 is 1.14 bits per heavy atom. The molecule has 0 amide bonds. The van der Waals surface area contributed by atoms with Gasteiger partial charge in [0.05, 0.1) is 11.4 Å². The van der Waals surface area contributed by atoms with Crippen LogP contribution in [0.4, 0.5) is 4.39 Å². The van der Waals surface area contributed by atoms with E-state index in [1.807, 2.05) is 0 Å². The van der Waals surface area contributed by atoms with Gasteiger partial charge in [-0.3, -0.25) is 14.2 Å². The molecule has 0 spiro atoms. The van der Waals surface area contributed by atoms with Crippen molar-refractivity contribution in [2.45, 2.75) is 33.6 Å². The summed E-state index contributed by atoms with van der Waals surface area (Å²) in [5.74, 6) is -3.99. The molecule has 7 heteroatoms. The van der Waals surface area contributed by atoms with Crippen LogP contribution in [0.1, 0.15) is 48.3 Å². The molecular weight excluding hydrogens is 397 g/mol. The highest BCUT2D eigenvalue weighted by Crippen LogP contribution is 2.43. The van der Waals surface area contributed by atoms with E-state index in [0.717, 1.165) is 6.07 Å². The standard InChI is InChI=1S/C22H21ClFNO4/c1-11-18(19(21(28)29)22(2,3)4)14-9-17(26)15(24)10-16(14)25(11)20(27)12-5-7-13(23)8-6-12/h5-10,19,26H,1-4H3,(H,28,29). The van der Waals surface area contributed by atoms with Crippen molar-refractivity contribution in [1.29, 1.82) is 0 Å². The average molecular weight is 418 g/mol. The van der Waals surface area contributed by atoms with Crippen molar-refractivity contribution >= 4 is 34.4 Å². The first kappa shape index (κ1) is 20.9. The summed E-state index contributed by atoms with van der Waals surface area (Å²) in [5.41, 5.74) is 0.577. The van der Waals surface area contributed by atoms with Crippen molar-refractivity contribution in [3.63, 3.8) is 0 Å². The third-order valence-corrected chi connectivity index (χ3v) is 5.27. The van der Waals surface area contributed by atoms with Crippen LogP contribution in [0.15, 0.2) is 36.4 Å². The zero-order chi connectivity index (χ0) is 21.7. The van der Waals surface area contributed by atoms with E-state index in [1.165, 1.54) is 10.6 Å². The van der Waals surface area contributed by atoms with Crippen LogP contribution in [0.5, 0.6) is 5.75 Å². The first-order chi connectivity index (χ1) is 13.4. The number of carbonyl (C=O) groups excluding carboxylic acids is 1. The minimum atomic E-state index is -1.07. The number of halogens is 2. The summed E-state index contributed by atoms with van der Waals surface area (Å²) < 4.78 is 15.5. The molecule has 0 radical (unpaired) electrons. The van der Waals surface area contributed by atoms with Gasteiger partial charge in [-0.25, -0.2) is 4.39 Å². The summed E-state index contributed by atoms with van der Waals surface area (Å²) in [4.78, 5) is 25.4. The molecule has 0 aliphatic carbocycles. The van der Waals surface area contributed by atoms with E-state index in [2.05, 4.69) is 0 Å². The summed E-state index contributed by atoms with van der Waals surface area (Å²) in [6, 6.07) is 8.46. The number of aliphatic carboxylic acids is 1. The summed E-state index contributed by atoms with van der Waals surface area (Å²) in [7, 11) is 0. The Balaban J connectivity index is 2.38. The van der Waals surface area contributed by atoms with E-state index in [4.69, 9.17) is 11.6 Å². The van der Waals surface area contributed by atoms with Crippen LogP contribution in [0.2, 0.25) is 5.02 Å². The van der Waals surface area contributed by atoms with Crippen LogP contribution >= 0.6 is 11.6 Å². The number of rotatable bonds is 3. The number of hydrogen-bond acceptors (Lipinski definition) is 3. The number of aromatic hydroxyl groups is 1. The molecule has 1 aromatic heterocycles. The highest BCUT2D eigenvalue weighted by Gasteiger charge is 2.37. The number of aromatic nitrogens is 1. The molecule has 0 aliphatic heterocycles. The maximum absolute atomic E-state index is 14.2. The van der Waals surface area contributed by atoms with E-state index in [9.17, 15) is 24.2 Å². The van der Waals surface area contributed by atoms with Crippen molar-refractivity contribution in [2.24, 2.45) is 5.41 Å². The molecule has 29 heavy (non-hydrogen) atoms. The smallest absolute Gasteiger partial charge is 0.311 e. The van der Waals surface area contributed by atoms with E-state index < -0.39 is 34.8 Å². The Kier molecular flexibility index (Phi) is 5.17. The number of fused-ring (bicyclic) bond motifs is 1. The molecule has 3 aromatic rings. The molecule has 0 saturated heterocycles. The molecule has 0 fully saturated rings. The Hall–Kier alpha value is -2.86. The van der Waals surface area contributed by atoms with Gasteiger partial charge in [0.25, 0.3) is 5.91 Å². The van der Waals surface area contributed by atoms with Gasteiger partial charge in [0.2, 0.25) is 0 Å². The number of carboxylic acids is 1. The van der Waals surface area contributed by atoms with Crippen LogP contribution in [0, 0.1) is 18.2 Å². The summed E-state index contributed by atoms with van der Waals surface area (Å²) in [6.07, 6.45) is 0. The van der Waals surface area contributed by atoms with Crippen LogP contribution in [0.3, 0.4) is 0 Å². The first-order valence-corrected chi connectivity index (χ1v) is 9.37. The van der Waals surface area contributed by atoms with Gasteiger partial charge in [-0.15, -0.1) is 0 Å². The lowest BCUT2D eigenvalue weighted by Gasteiger charge is -2.27. The predicted molar refractivity (Wildman–Crippen MR) is 109 cm³/mol. The average Bonchev–Trinajstić information content (AvgIpc) is 2.86. The molecule has 1 unspecified atom stereocenters. The molecule has 0 saturated carbocycles. The molecule has 2 aromatic carbocycles. The minimum absolute atomic E-state index is 0.197. The van der Waals surface area contributed by atoms with Gasteiger partial charge >= 0.3 is 5.97 Å². The number of nitrogens with zero attached hydrogens (tertiary/aromatic N) is 1. The monoisotopic (exact) mass is 417 g/mol. The highest BCUT2D eigenvalue weighted by atomic mass is 35.5.